The van der Waals surface area contributed by atoms with E-state index in [1.54, 1.807) is 37.5 Å². The molecule has 1 atom stereocenters. The van der Waals surface area contributed by atoms with E-state index in [1.165, 1.54) is 18.2 Å². The first-order valence-electron chi connectivity index (χ1n) is 9.92. The highest BCUT2D eigenvalue weighted by Gasteiger charge is 2.28. The number of carbonyl (C=O) groups excluding carboxylic acids is 3. The van der Waals surface area contributed by atoms with Gasteiger partial charge in [-0.2, -0.15) is 0 Å². The first-order valence-corrected chi connectivity index (χ1v) is 9.92. The zero-order valence-electron chi connectivity index (χ0n) is 17.7. The Balaban J connectivity index is 1.62. The van der Waals surface area contributed by atoms with Gasteiger partial charge in [0, 0.05) is 12.5 Å². The number of allylic oxidation sites excluding steroid dienone is 1. The van der Waals surface area contributed by atoms with Gasteiger partial charge in [-0.15, -0.1) is 0 Å². The minimum Gasteiger partial charge on any atom is -0.497 e. The Hall–Kier alpha value is -4.34. The number of hydrogen-bond acceptors (Lipinski definition) is 7. The lowest BCUT2D eigenvalue weighted by molar-refractivity contribution is -0.142. The molecule has 33 heavy (non-hydrogen) atoms. The largest absolute Gasteiger partial charge is 0.497 e. The Labute approximate surface area is 188 Å². The number of nitrogens with one attached hydrogen (secondary N) is 1. The monoisotopic (exact) mass is 454 g/mol. The van der Waals surface area contributed by atoms with Gasteiger partial charge < -0.3 is 30.4 Å². The Morgan fingerprint density at radius 3 is 2.67 bits per heavy atom. The molecule has 1 unspecified atom stereocenters. The van der Waals surface area contributed by atoms with E-state index in [2.05, 4.69) is 5.32 Å². The maximum Gasteiger partial charge on any atom is 0.326 e. The van der Waals surface area contributed by atoms with Crippen molar-refractivity contribution in [1.82, 2.24) is 5.32 Å². The molecule has 4 N–H and O–H groups in total. The van der Waals surface area contributed by atoms with Gasteiger partial charge in [0.2, 0.25) is 11.7 Å². The zero-order valence-corrected chi connectivity index (χ0v) is 17.7. The summed E-state index contributed by atoms with van der Waals surface area (Å²) in [7, 11) is 1.55. The molecule has 2 aromatic rings. The van der Waals surface area contributed by atoms with Crippen molar-refractivity contribution in [3.8, 4) is 17.2 Å². The van der Waals surface area contributed by atoms with Crippen LogP contribution in [0.3, 0.4) is 0 Å². The predicted octanol–water partition coefficient (Wildman–Crippen LogP) is 1.53. The molecule has 1 heterocycles. The van der Waals surface area contributed by atoms with Gasteiger partial charge in [0.05, 0.1) is 12.7 Å². The quantitative estimate of drug-likeness (QED) is 0.457. The molecule has 0 saturated carbocycles. The number of carbonyl (C=O) groups is 4. The van der Waals surface area contributed by atoms with Crippen LogP contribution < -0.4 is 25.3 Å². The molecule has 10 heteroatoms. The summed E-state index contributed by atoms with van der Waals surface area (Å²) in [6.07, 6.45) is 1.28. The number of ketones is 1. The molecule has 0 bridgehead atoms. The molecular formula is C23H22N2O8. The number of fused-ring (bicyclic) bond motifs is 1. The molecule has 3 rings (SSSR count). The van der Waals surface area contributed by atoms with Gasteiger partial charge in [0.15, 0.2) is 12.4 Å². The summed E-state index contributed by atoms with van der Waals surface area (Å²) in [5.74, 6) is -1.64. The van der Waals surface area contributed by atoms with Crippen molar-refractivity contribution >= 4 is 29.6 Å². The van der Waals surface area contributed by atoms with Gasteiger partial charge in [0.1, 0.15) is 23.3 Å². The number of ether oxygens (including phenoxy) is 3. The fraction of sp³-hybridized carbons (Fsp3) is 0.217. The molecule has 10 nitrogen and oxygen atoms in total. The van der Waals surface area contributed by atoms with E-state index in [4.69, 9.17) is 25.1 Å². The van der Waals surface area contributed by atoms with E-state index < -0.39 is 30.4 Å². The molecule has 0 spiro atoms. The van der Waals surface area contributed by atoms with Gasteiger partial charge in [-0.1, -0.05) is 12.1 Å². The number of methoxy groups -OCH3 is 1. The van der Waals surface area contributed by atoms with Gasteiger partial charge in [-0.3, -0.25) is 14.4 Å². The van der Waals surface area contributed by atoms with Crippen LogP contribution in [0.5, 0.6) is 17.2 Å². The molecule has 0 aliphatic carbocycles. The van der Waals surface area contributed by atoms with Crippen molar-refractivity contribution in [1.29, 1.82) is 0 Å². The highest BCUT2D eigenvalue weighted by molar-refractivity contribution is 6.14. The van der Waals surface area contributed by atoms with Crippen molar-refractivity contribution in [2.24, 2.45) is 5.73 Å². The van der Waals surface area contributed by atoms with Crippen molar-refractivity contribution < 1.29 is 38.5 Å². The summed E-state index contributed by atoms with van der Waals surface area (Å²) in [6.45, 7) is -0.473. The summed E-state index contributed by atoms with van der Waals surface area (Å²) in [6, 6.07) is 10.4. The molecule has 172 valence electrons. The molecule has 1 aliphatic rings. The first-order chi connectivity index (χ1) is 15.8. The molecule has 0 aromatic heterocycles. The number of aliphatic carboxylic acids is 1. The minimum absolute atomic E-state index is 0.131. The van der Waals surface area contributed by atoms with Crippen LogP contribution in [-0.2, 0) is 14.4 Å². The predicted molar refractivity (Wildman–Crippen MR) is 116 cm³/mol. The summed E-state index contributed by atoms with van der Waals surface area (Å²) in [4.78, 5) is 46.7. The third-order valence-electron chi connectivity index (χ3n) is 4.72. The Kier molecular flexibility index (Phi) is 7.29. The number of carboxylic acids is 1. The fourth-order valence-electron chi connectivity index (χ4n) is 3.07. The minimum atomic E-state index is -1.29. The van der Waals surface area contributed by atoms with Crippen LogP contribution in [0.2, 0.25) is 0 Å². The van der Waals surface area contributed by atoms with E-state index >= 15 is 0 Å². The van der Waals surface area contributed by atoms with Crippen LogP contribution in [0.25, 0.3) is 6.08 Å². The average Bonchev–Trinajstić information content (AvgIpc) is 3.09. The first kappa shape index (κ1) is 23.3. The van der Waals surface area contributed by atoms with Crippen LogP contribution in [-0.4, -0.2) is 48.4 Å². The van der Waals surface area contributed by atoms with Crippen LogP contribution in [0, 0.1) is 0 Å². The van der Waals surface area contributed by atoms with Crippen molar-refractivity contribution in [2.75, 3.05) is 13.7 Å². The lowest BCUT2D eigenvalue weighted by Crippen LogP contribution is -2.43. The number of hydrogen-bond donors (Lipinski definition) is 3. The van der Waals surface area contributed by atoms with Crippen LogP contribution in [0.1, 0.15) is 28.8 Å². The smallest absolute Gasteiger partial charge is 0.326 e. The second-order valence-corrected chi connectivity index (χ2v) is 7.13. The normalized spacial score (nSPS) is 14.2. The van der Waals surface area contributed by atoms with Crippen molar-refractivity contribution in [3.63, 3.8) is 0 Å². The second-order valence-electron chi connectivity index (χ2n) is 7.13. The molecule has 0 radical (unpaired) electrons. The SMILES string of the molecule is COc1cccc(C=C2Oc3cc(OCC(=O)NC(CCC(N)=O)C(=O)O)ccc3C2=O)c1. The third-order valence-corrected chi connectivity index (χ3v) is 4.72. The van der Waals surface area contributed by atoms with Gasteiger partial charge >= 0.3 is 5.97 Å². The fourth-order valence-corrected chi connectivity index (χ4v) is 3.07. The van der Waals surface area contributed by atoms with E-state index in [0.717, 1.165) is 5.56 Å². The second kappa shape index (κ2) is 10.3. The topological polar surface area (TPSA) is 154 Å². The van der Waals surface area contributed by atoms with Gasteiger partial charge in [-0.25, -0.2) is 4.79 Å². The van der Waals surface area contributed by atoms with Gasteiger partial charge in [0.25, 0.3) is 5.91 Å². The van der Waals surface area contributed by atoms with Crippen molar-refractivity contribution in [2.45, 2.75) is 18.9 Å². The summed E-state index contributed by atoms with van der Waals surface area (Å²) in [5.41, 5.74) is 6.08. The van der Waals surface area contributed by atoms with Crippen LogP contribution in [0.15, 0.2) is 48.2 Å². The number of carboxylic acid groups (broad SMARTS) is 1. The number of amides is 2. The Morgan fingerprint density at radius 2 is 1.97 bits per heavy atom. The highest BCUT2D eigenvalue weighted by Crippen LogP contribution is 2.35. The lowest BCUT2D eigenvalue weighted by Gasteiger charge is -2.14. The molecule has 2 amide bonds. The van der Waals surface area contributed by atoms with Crippen LogP contribution >= 0.6 is 0 Å². The summed E-state index contributed by atoms with van der Waals surface area (Å²) >= 11 is 0. The third kappa shape index (κ3) is 6.10. The standard InChI is InChI=1S/C23H22N2O8/c1-31-14-4-2-3-13(9-14)10-19-22(28)16-6-5-15(11-18(16)33-19)32-12-21(27)25-17(23(29)30)7-8-20(24)26/h2-6,9-11,17H,7-8,12H2,1H3,(H2,24,26)(H,25,27)(H,29,30). The molecule has 1 aliphatic heterocycles. The Morgan fingerprint density at radius 1 is 1.18 bits per heavy atom. The molecule has 0 saturated heterocycles. The van der Waals surface area contributed by atoms with Gasteiger partial charge in [-0.05, 0) is 42.3 Å². The highest BCUT2D eigenvalue weighted by atomic mass is 16.5. The number of Topliss-reactive ketones (excluding diaryl/α,β-unsaturated/α-hetero) is 1. The lowest BCUT2D eigenvalue weighted by atomic mass is 10.1. The number of rotatable bonds is 10. The van der Waals surface area contributed by atoms with Crippen molar-refractivity contribution in [3.05, 3.63) is 59.4 Å². The number of nitrogens with two attached hydrogens (primary N) is 1. The Bertz CT molecular complexity index is 1130. The molecule has 0 fully saturated rings. The van der Waals surface area contributed by atoms with E-state index in [0.29, 0.717) is 11.3 Å². The van der Waals surface area contributed by atoms with Crippen LogP contribution in [0.4, 0.5) is 0 Å². The van der Waals surface area contributed by atoms with E-state index in [1.807, 2.05) is 0 Å². The van der Waals surface area contributed by atoms with E-state index in [9.17, 15) is 19.2 Å². The number of benzene rings is 2. The molecule has 2 aromatic carbocycles. The average molecular weight is 454 g/mol. The maximum absolute atomic E-state index is 12.6. The molecular weight excluding hydrogens is 432 g/mol. The summed E-state index contributed by atoms with van der Waals surface area (Å²) in [5, 5.41) is 11.4. The van der Waals surface area contributed by atoms with E-state index in [-0.39, 0.29) is 35.9 Å². The zero-order chi connectivity index (χ0) is 24.0. The number of primary amides is 1. The maximum atomic E-state index is 12.6. The summed E-state index contributed by atoms with van der Waals surface area (Å²) < 4.78 is 16.2.